The number of allylic oxidation sites excluding steroid dienone is 1. The van der Waals surface area contributed by atoms with Gasteiger partial charge >= 0.3 is 0 Å². The van der Waals surface area contributed by atoms with Crippen molar-refractivity contribution in [3.05, 3.63) is 82.9 Å². The van der Waals surface area contributed by atoms with Gasteiger partial charge in [-0.15, -0.1) is 0 Å². The summed E-state index contributed by atoms with van der Waals surface area (Å²) in [6.07, 6.45) is 7.86. The van der Waals surface area contributed by atoms with Gasteiger partial charge < -0.3 is 10.0 Å². The van der Waals surface area contributed by atoms with E-state index >= 15 is 0 Å². The summed E-state index contributed by atoms with van der Waals surface area (Å²) in [5, 5.41) is 11.5. The number of aliphatic hydroxyl groups is 1. The summed E-state index contributed by atoms with van der Waals surface area (Å²) < 4.78 is 0. The summed E-state index contributed by atoms with van der Waals surface area (Å²) in [6, 6.07) is 16.7. The number of carbonyl (C=O) groups excluding carboxylic acids is 1. The number of hydrogen-bond acceptors (Lipinski definition) is 3. The van der Waals surface area contributed by atoms with E-state index in [0.717, 1.165) is 24.2 Å². The number of benzene rings is 2. The fraction of sp³-hybridized carbons (Fsp3) is 0.433. The molecule has 3 nitrogen and oxygen atoms in total. The molecule has 1 saturated heterocycles. The molecule has 3 heteroatoms. The molecule has 1 N–H and O–H groups in total. The second-order valence-corrected chi connectivity index (χ2v) is 9.90. The van der Waals surface area contributed by atoms with Crippen molar-refractivity contribution >= 4 is 17.9 Å². The molecule has 1 aliphatic heterocycles. The van der Waals surface area contributed by atoms with E-state index in [4.69, 9.17) is 0 Å². The Bertz CT molecular complexity index is 969. The van der Waals surface area contributed by atoms with Crippen molar-refractivity contribution in [3.63, 3.8) is 0 Å². The Morgan fingerprint density at radius 2 is 1.48 bits per heavy atom. The van der Waals surface area contributed by atoms with Crippen LogP contribution in [0.3, 0.4) is 0 Å². The average molecular weight is 446 g/mol. The first-order chi connectivity index (χ1) is 15.7. The van der Waals surface area contributed by atoms with Crippen LogP contribution in [-0.2, 0) is 4.79 Å². The van der Waals surface area contributed by atoms with Crippen molar-refractivity contribution in [2.45, 2.75) is 58.5 Å². The summed E-state index contributed by atoms with van der Waals surface area (Å²) >= 11 is 0. The van der Waals surface area contributed by atoms with E-state index in [2.05, 4.69) is 75.9 Å². The molecule has 0 bridgehead atoms. The predicted molar refractivity (Wildman–Crippen MR) is 139 cm³/mol. The third-order valence-electron chi connectivity index (χ3n) is 6.87. The molecular weight excluding hydrogens is 406 g/mol. The van der Waals surface area contributed by atoms with E-state index < -0.39 is 11.5 Å². The largest absolute Gasteiger partial charge is 0.385 e. The number of carbonyl (C=O) groups is 1. The zero-order valence-corrected chi connectivity index (χ0v) is 20.8. The van der Waals surface area contributed by atoms with E-state index in [1.807, 2.05) is 30.4 Å². The Hall–Kier alpha value is -2.49. The molecular formula is C30H39NO2. The Morgan fingerprint density at radius 3 is 1.97 bits per heavy atom. The normalized spacial score (nSPS) is 22.1. The maximum Gasteiger partial charge on any atom is 0.163 e. The maximum absolute atomic E-state index is 13.2. The molecule has 0 aliphatic carbocycles. The topological polar surface area (TPSA) is 40.5 Å². The molecule has 0 spiro atoms. The zero-order valence-electron chi connectivity index (χ0n) is 20.8. The van der Waals surface area contributed by atoms with Crippen LogP contribution in [-0.4, -0.2) is 41.0 Å². The molecule has 0 amide bonds. The van der Waals surface area contributed by atoms with Crippen LogP contribution in [0.15, 0.2) is 60.7 Å². The van der Waals surface area contributed by atoms with Gasteiger partial charge in [0, 0.05) is 13.1 Å². The molecule has 3 rings (SSSR count). The highest BCUT2D eigenvalue weighted by Crippen LogP contribution is 2.32. The number of piperidine rings is 1. The predicted octanol–water partition coefficient (Wildman–Crippen LogP) is 6.30. The van der Waals surface area contributed by atoms with Crippen LogP contribution in [0.5, 0.6) is 0 Å². The molecule has 0 radical (unpaired) electrons. The van der Waals surface area contributed by atoms with E-state index in [1.165, 1.54) is 11.1 Å². The fourth-order valence-corrected chi connectivity index (χ4v) is 4.36. The molecule has 1 fully saturated rings. The highest BCUT2D eigenvalue weighted by atomic mass is 16.3. The van der Waals surface area contributed by atoms with Gasteiger partial charge in [-0.3, -0.25) is 4.79 Å². The Morgan fingerprint density at radius 1 is 0.970 bits per heavy atom. The van der Waals surface area contributed by atoms with Gasteiger partial charge in [0.25, 0.3) is 0 Å². The van der Waals surface area contributed by atoms with E-state index in [0.29, 0.717) is 24.8 Å². The van der Waals surface area contributed by atoms with Crippen molar-refractivity contribution in [1.29, 1.82) is 0 Å². The molecule has 33 heavy (non-hydrogen) atoms. The monoisotopic (exact) mass is 445 g/mol. The average Bonchev–Trinajstić information content (AvgIpc) is 2.82. The molecule has 2 aromatic carbocycles. The highest BCUT2D eigenvalue weighted by Gasteiger charge is 2.42. The Kier molecular flexibility index (Phi) is 8.45. The van der Waals surface area contributed by atoms with Crippen LogP contribution in [0.25, 0.3) is 12.2 Å². The standard InChI is InChI=1S/C30H39NO2/c1-6-31-20-19-30(33,18-17-25-9-14-27(15-10-25)23(4)5)28(21-31)29(32)16-11-24-7-12-26(13-8-24)22(2)3/h7-18,22-23,28,33H,6,19-21H2,1-5H3/b16-11+,18-17+. The van der Waals surface area contributed by atoms with Gasteiger partial charge in [0.05, 0.1) is 11.5 Å². The first-order valence-electron chi connectivity index (χ1n) is 12.3. The van der Waals surface area contributed by atoms with Gasteiger partial charge in [-0.05, 0) is 53.1 Å². The number of likely N-dealkylation sites (tertiary alicyclic amines) is 1. The first kappa shape index (κ1) is 25.1. The summed E-state index contributed by atoms with van der Waals surface area (Å²) in [6.45, 7) is 13.0. The van der Waals surface area contributed by atoms with E-state index in [9.17, 15) is 9.90 Å². The lowest BCUT2D eigenvalue weighted by Gasteiger charge is -2.41. The molecule has 2 aromatic rings. The number of hydrogen-bond donors (Lipinski definition) is 1. The SMILES string of the molecule is CCN1CCC(O)(/C=C/c2ccc(C(C)C)cc2)C(C(=O)/C=C/c2ccc(C(C)C)cc2)C1. The molecule has 176 valence electrons. The van der Waals surface area contributed by atoms with Gasteiger partial charge in [0.15, 0.2) is 5.78 Å². The van der Waals surface area contributed by atoms with Crippen molar-refractivity contribution < 1.29 is 9.90 Å². The minimum Gasteiger partial charge on any atom is -0.385 e. The summed E-state index contributed by atoms with van der Waals surface area (Å²) in [5.74, 6) is 0.461. The second-order valence-electron chi connectivity index (χ2n) is 9.90. The van der Waals surface area contributed by atoms with Crippen molar-refractivity contribution in [2.24, 2.45) is 5.92 Å². The third-order valence-corrected chi connectivity index (χ3v) is 6.87. The molecule has 0 aromatic heterocycles. The molecule has 1 aliphatic rings. The Labute approximate surface area is 199 Å². The summed E-state index contributed by atoms with van der Waals surface area (Å²) in [4.78, 5) is 15.5. The number of rotatable bonds is 8. The maximum atomic E-state index is 13.2. The number of nitrogens with zero attached hydrogens (tertiary/aromatic N) is 1. The quantitative estimate of drug-likeness (QED) is 0.485. The molecule has 1 heterocycles. The van der Waals surface area contributed by atoms with Crippen LogP contribution in [0.1, 0.15) is 75.1 Å². The van der Waals surface area contributed by atoms with Gasteiger partial charge in [-0.1, -0.05) is 101 Å². The summed E-state index contributed by atoms with van der Waals surface area (Å²) in [5.41, 5.74) is 3.47. The van der Waals surface area contributed by atoms with Crippen LogP contribution >= 0.6 is 0 Å². The van der Waals surface area contributed by atoms with E-state index in [-0.39, 0.29) is 5.78 Å². The lowest BCUT2D eigenvalue weighted by atomic mass is 9.77. The van der Waals surface area contributed by atoms with E-state index in [1.54, 1.807) is 6.08 Å². The summed E-state index contributed by atoms with van der Waals surface area (Å²) in [7, 11) is 0. The minimum absolute atomic E-state index is 0.0246. The lowest BCUT2D eigenvalue weighted by Crippen LogP contribution is -2.53. The van der Waals surface area contributed by atoms with Gasteiger partial charge in [0.1, 0.15) is 0 Å². The van der Waals surface area contributed by atoms with Crippen LogP contribution in [0.2, 0.25) is 0 Å². The van der Waals surface area contributed by atoms with Crippen LogP contribution in [0, 0.1) is 5.92 Å². The third kappa shape index (κ3) is 6.52. The van der Waals surface area contributed by atoms with Crippen LogP contribution in [0.4, 0.5) is 0 Å². The Balaban J connectivity index is 1.78. The molecule has 2 atom stereocenters. The van der Waals surface area contributed by atoms with Crippen molar-refractivity contribution in [3.8, 4) is 0 Å². The van der Waals surface area contributed by atoms with Gasteiger partial charge in [-0.2, -0.15) is 0 Å². The number of ketones is 1. The van der Waals surface area contributed by atoms with Crippen molar-refractivity contribution in [1.82, 2.24) is 4.90 Å². The second kappa shape index (κ2) is 11.1. The fourth-order valence-electron chi connectivity index (χ4n) is 4.36. The minimum atomic E-state index is -1.15. The first-order valence-corrected chi connectivity index (χ1v) is 12.3. The smallest absolute Gasteiger partial charge is 0.163 e. The molecule has 2 unspecified atom stereocenters. The van der Waals surface area contributed by atoms with Crippen molar-refractivity contribution in [2.75, 3.05) is 19.6 Å². The highest BCUT2D eigenvalue weighted by molar-refractivity contribution is 5.96. The van der Waals surface area contributed by atoms with Gasteiger partial charge in [-0.25, -0.2) is 0 Å². The lowest BCUT2D eigenvalue weighted by molar-refractivity contribution is -0.129. The van der Waals surface area contributed by atoms with Gasteiger partial charge in [0.2, 0.25) is 0 Å². The zero-order chi connectivity index (χ0) is 24.0. The van der Waals surface area contributed by atoms with Crippen LogP contribution < -0.4 is 0 Å². The molecule has 0 saturated carbocycles.